The molecule has 0 radical (unpaired) electrons. The molecule has 1 aromatic rings. The van der Waals surface area contributed by atoms with Gasteiger partial charge in [0.2, 0.25) is 5.91 Å². The Morgan fingerprint density at radius 3 is 3.10 bits per heavy atom. The molecule has 1 amide bonds. The number of aromatic nitrogens is 3. The van der Waals surface area contributed by atoms with Crippen LogP contribution in [-0.4, -0.2) is 56.4 Å². The largest absolute Gasteiger partial charge is 0.385 e. The quantitative estimate of drug-likeness (QED) is 0.748. The average Bonchev–Trinajstić information content (AvgIpc) is 3.02. The number of nitrogens with one attached hydrogen (secondary N) is 1. The van der Waals surface area contributed by atoms with Gasteiger partial charge in [-0.15, -0.1) is 10.2 Å². The minimum atomic E-state index is -0.960. The van der Waals surface area contributed by atoms with Gasteiger partial charge in [0.05, 0.1) is 11.9 Å². The third kappa shape index (κ3) is 3.96. The second kappa shape index (κ2) is 6.76. The van der Waals surface area contributed by atoms with E-state index in [1.54, 1.807) is 6.33 Å². The van der Waals surface area contributed by atoms with Gasteiger partial charge in [-0.2, -0.15) is 0 Å². The number of carbonyl (C=O) groups is 1. The van der Waals surface area contributed by atoms with E-state index in [0.29, 0.717) is 13.0 Å². The van der Waals surface area contributed by atoms with Gasteiger partial charge in [-0.25, -0.2) is 0 Å². The van der Waals surface area contributed by atoms with E-state index in [2.05, 4.69) is 15.5 Å². The highest BCUT2D eigenvalue weighted by molar-refractivity contribution is 7.99. The van der Waals surface area contributed by atoms with E-state index in [1.807, 2.05) is 25.3 Å². The van der Waals surface area contributed by atoms with Gasteiger partial charge in [-0.1, -0.05) is 11.8 Å². The SMILES string of the molecule is CC(C)n1cnnc1SCC(=O)NCC1(O)CCOC1C. The number of hydrogen-bond acceptors (Lipinski definition) is 6. The van der Waals surface area contributed by atoms with Crippen LogP contribution in [0.25, 0.3) is 0 Å². The van der Waals surface area contributed by atoms with E-state index in [9.17, 15) is 9.90 Å². The molecule has 0 aromatic carbocycles. The first-order chi connectivity index (χ1) is 9.92. The third-order valence-corrected chi connectivity index (χ3v) is 4.64. The van der Waals surface area contributed by atoms with E-state index in [-0.39, 0.29) is 30.4 Å². The highest BCUT2D eigenvalue weighted by atomic mass is 32.2. The van der Waals surface area contributed by atoms with Crippen molar-refractivity contribution in [3.05, 3.63) is 6.33 Å². The number of thioether (sulfide) groups is 1. The van der Waals surface area contributed by atoms with Crippen LogP contribution in [0, 0.1) is 0 Å². The van der Waals surface area contributed by atoms with Crippen molar-refractivity contribution in [3.63, 3.8) is 0 Å². The monoisotopic (exact) mass is 314 g/mol. The molecule has 8 heteroatoms. The lowest BCUT2D eigenvalue weighted by atomic mass is 9.97. The molecule has 1 saturated heterocycles. The van der Waals surface area contributed by atoms with Crippen LogP contribution in [-0.2, 0) is 9.53 Å². The van der Waals surface area contributed by atoms with Gasteiger partial charge in [-0.05, 0) is 20.8 Å². The van der Waals surface area contributed by atoms with E-state index < -0.39 is 5.60 Å². The van der Waals surface area contributed by atoms with Crippen molar-refractivity contribution in [1.29, 1.82) is 0 Å². The fraction of sp³-hybridized carbons (Fsp3) is 0.769. The van der Waals surface area contributed by atoms with Crippen molar-refractivity contribution < 1.29 is 14.6 Å². The fourth-order valence-electron chi connectivity index (χ4n) is 2.13. The van der Waals surface area contributed by atoms with Crippen LogP contribution in [0.4, 0.5) is 0 Å². The average molecular weight is 314 g/mol. The molecule has 118 valence electrons. The maximum atomic E-state index is 11.9. The van der Waals surface area contributed by atoms with Crippen molar-refractivity contribution in [3.8, 4) is 0 Å². The molecule has 0 bridgehead atoms. The Kier molecular flexibility index (Phi) is 5.23. The minimum Gasteiger partial charge on any atom is -0.385 e. The number of aliphatic hydroxyl groups is 1. The molecule has 2 heterocycles. The van der Waals surface area contributed by atoms with E-state index in [4.69, 9.17) is 4.74 Å². The number of ether oxygens (including phenoxy) is 1. The second-order valence-corrected chi connectivity index (χ2v) is 6.49. The number of nitrogens with zero attached hydrogens (tertiary/aromatic N) is 3. The summed E-state index contributed by atoms with van der Waals surface area (Å²) in [4.78, 5) is 11.9. The van der Waals surface area contributed by atoms with Crippen LogP contribution in [0.3, 0.4) is 0 Å². The zero-order chi connectivity index (χ0) is 15.5. The van der Waals surface area contributed by atoms with Crippen LogP contribution in [0.2, 0.25) is 0 Å². The summed E-state index contributed by atoms with van der Waals surface area (Å²) in [7, 11) is 0. The molecule has 0 saturated carbocycles. The van der Waals surface area contributed by atoms with Crippen LogP contribution in [0.1, 0.15) is 33.2 Å². The maximum Gasteiger partial charge on any atom is 0.230 e. The van der Waals surface area contributed by atoms with Crippen molar-refractivity contribution >= 4 is 17.7 Å². The molecule has 0 spiro atoms. The summed E-state index contributed by atoms with van der Waals surface area (Å²) in [6, 6.07) is 0.253. The van der Waals surface area contributed by atoms with Crippen molar-refractivity contribution in [2.75, 3.05) is 18.9 Å². The van der Waals surface area contributed by atoms with Gasteiger partial charge in [0.1, 0.15) is 11.9 Å². The maximum absolute atomic E-state index is 11.9. The molecule has 2 N–H and O–H groups in total. The summed E-state index contributed by atoms with van der Waals surface area (Å²) in [6.45, 7) is 6.62. The summed E-state index contributed by atoms with van der Waals surface area (Å²) in [5, 5.41) is 21.6. The summed E-state index contributed by atoms with van der Waals surface area (Å²) in [5.41, 5.74) is -0.960. The Morgan fingerprint density at radius 1 is 1.71 bits per heavy atom. The smallest absolute Gasteiger partial charge is 0.230 e. The lowest BCUT2D eigenvalue weighted by molar-refractivity contribution is -0.120. The Hall–Kier alpha value is -1.12. The molecule has 2 rings (SSSR count). The second-order valence-electron chi connectivity index (χ2n) is 5.55. The highest BCUT2D eigenvalue weighted by Crippen LogP contribution is 2.25. The first-order valence-corrected chi connectivity index (χ1v) is 8.04. The Bertz CT molecular complexity index is 494. The molecule has 1 aromatic heterocycles. The lowest BCUT2D eigenvalue weighted by Gasteiger charge is -2.26. The molecular formula is C13H22N4O3S. The molecular weight excluding hydrogens is 292 g/mol. The van der Waals surface area contributed by atoms with Gasteiger partial charge in [-0.3, -0.25) is 4.79 Å². The summed E-state index contributed by atoms with van der Waals surface area (Å²) >= 11 is 1.34. The number of amides is 1. The van der Waals surface area contributed by atoms with Crippen molar-refractivity contribution in [2.45, 2.75) is 50.1 Å². The van der Waals surface area contributed by atoms with Crippen LogP contribution < -0.4 is 5.32 Å². The van der Waals surface area contributed by atoms with Gasteiger partial charge >= 0.3 is 0 Å². The van der Waals surface area contributed by atoms with Crippen molar-refractivity contribution in [2.24, 2.45) is 0 Å². The van der Waals surface area contributed by atoms with Crippen molar-refractivity contribution in [1.82, 2.24) is 20.1 Å². The molecule has 1 aliphatic heterocycles. The lowest BCUT2D eigenvalue weighted by Crippen LogP contribution is -2.47. The standard InChI is InChI=1S/C13H22N4O3S/c1-9(2)17-8-15-16-12(17)21-6-11(18)14-7-13(19)4-5-20-10(13)3/h8-10,19H,4-7H2,1-3H3,(H,14,18). The predicted molar refractivity (Wildman–Crippen MR) is 79.1 cm³/mol. The van der Waals surface area contributed by atoms with Gasteiger partial charge in [0.15, 0.2) is 5.16 Å². The number of rotatable bonds is 6. The van der Waals surface area contributed by atoms with Gasteiger partial charge in [0, 0.05) is 25.6 Å². The summed E-state index contributed by atoms with van der Waals surface area (Å²) in [5.74, 6) is 0.113. The van der Waals surface area contributed by atoms with Crippen LogP contribution in [0.5, 0.6) is 0 Å². The highest BCUT2D eigenvalue weighted by Gasteiger charge is 2.39. The van der Waals surface area contributed by atoms with Crippen LogP contribution in [0.15, 0.2) is 11.5 Å². The first kappa shape index (κ1) is 16.3. The fourth-order valence-corrected chi connectivity index (χ4v) is 3.00. The summed E-state index contributed by atoms with van der Waals surface area (Å²) in [6.07, 6.45) is 1.95. The van der Waals surface area contributed by atoms with Gasteiger partial charge in [0.25, 0.3) is 0 Å². The molecule has 2 unspecified atom stereocenters. The Labute approximate surface area is 128 Å². The molecule has 2 atom stereocenters. The zero-order valence-electron chi connectivity index (χ0n) is 12.6. The molecule has 0 aliphatic carbocycles. The topological polar surface area (TPSA) is 89.3 Å². The Balaban J connectivity index is 1.79. The van der Waals surface area contributed by atoms with Gasteiger partial charge < -0.3 is 19.7 Å². The Morgan fingerprint density at radius 2 is 2.48 bits per heavy atom. The van der Waals surface area contributed by atoms with Crippen LogP contribution >= 0.6 is 11.8 Å². The third-order valence-electron chi connectivity index (χ3n) is 3.68. The zero-order valence-corrected chi connectivity index (χ0v) is 13.4. The van der Waals surface area contributed by atoms with E-state index >= 15 is 0 Å². The number of hydrogen-bond donors (Lipinski definition) is 2. The normalized spacial score (nSPS) is 25.5. The molecule has 1 fully saturated rings. The molecule has 7 nitrogen and oxygen atoms in total. The molecule has 21 heavy (non-hydrogen) atoms. The van der Waals surface area contributed by atoms with E-state index in [1.165, 1.54) is 11.8 Å². The molecule has 1 aliphatic rings. The first-order valence-electron chi connectivity index (χ1n) is 7.05. The van der Waals surface area contributed by atoms with E-state index in [0.717, 1.165) is 5.16 Å². The number of carbonyl (C=O) groups excluding carboxylic acids is 1. The summed E-state index contributed by atoms with van der Waals surface area (Å²) < 4.78 is 7.25. The predicted octanol–water partition coefficient (Wildman–Crippen LogP) is 0.607. The minimum absolute atomic E-state index is 0.133.